The van der Waals surface area contributed by atoms with E-state index in [-0.39, 0.29) is 11.5 Å². The van der Waals surface area contributed by atoms with E-state index in [1.807, 2.05) is 11.9 Å². The number of rotatable bonds is 0. The lowest BCUT2D eigenvalue weighted by Crippen LogP contribution is -2.30. The Morgan fingerprint density at radius 3 is 2.64 bits per heavy atom. The third-order valence-corrected chi connectivity index (χ3v) is 2.52. The van der Waals surface area contributed by atoms with Gasteiger partial charge in [0.05, 0.1) is 6.10 Å². The zero-order valence-corrected chi connectivity index (χ0v) is 7.94. The lowest BCUT2D eigenvalue weighted by Gasteiger charge is -2.29. The Kier molecular flexibility index (Phi) is 2.09. The van der Waals surface area contributed by atoms with Gasteiger partial charge in [0.25, 0.3) is 0 Å². The molecule has 0 saturated carbocycles. The average molecular weight is 195 g/mol. The van der Waals surface area contributed by atoms with Crippen LogP contribution in [-0.4, -0.2) is 33.8 Å². The molecule has 3 N–H and O–H groups in total. The first-order chi connectivity index (χ1) is 6.58. The minimum Gasteiger partial charge on any atom is -0.504 e. The zero-order chi connectivity index (χ0) is 10.3. The third-order valence-electron chi connectivity index (χ3n) is 2.52. The molecule has 0 spiro atoms. The van der Waals surface area contributed by atoms with Crippen LogP contribution in [0.2, 0.25) is 0 Å². The minimum absolute atomic E-state index is 0.133. The van der Waals surface area contributed by atoms with Crippen LogP contribution in [0.1, 0.15) is 17.2 Å². The van der Waals surface area contributed by atoms with Crippen molar-refractivity contribution in [1.29, 1.82) is 0 Å². The summed E-state index contributed by atoms with van der Waals surface area (Å²) in [5.41, 5.74) is 1.57. The Labute approximate surface area is 82.0 Å². The second kappa shape index (κ2) is 3.15. The molecule has 76 valence electrons. The predicted molar refractivity (Wildman–Crippen MR) is 51.1 cm³/mol. The number of hydrogen-bond donors (Lipinski definition) is 3. The summed E-state index contributed by atoms with van der Waals surface area (Å²) in [6.07, 6.45) is -0.588. The number of fused-ring (bicyclic) bond motifs is 1. The molecule has 0 saturated heterocycles. The molecule has 4 heteroatoms. The maximum atomic E-state index is 9.71. The molecule has 1 atom stereocenters. The Morgan fingerprint density at radius 1 is 1.29 bits per heavy atom. The smallest absolute Gasteiger partial charge is 0.157 e. The number of benzene rings is 1. The van der Waals surface area contributed by atoms with Crippen LogP contribution >= 0.6 is 0 Å². The van der Waals surface area contributed by atoms with E-state index in [4.69, 9.17) is 0 Å². The van der Waals surface area contributed by atoms with Gasteiger partial charge in [0.1, 0.15) is 0 Å². The van der Waals surface area contributed by atoms with Crippen LogP contribution in [0.15, 0.2) is 12.1 Å². The SMILES string of the molecule is CN1Cc2cc(O)c(O)cc2C(O)C1. The third kappa shape index (κ3) is 1.42. The first kappa shape index (κ1) is 9.30. The Morgan fingerprint density at radius 2 is 1.93 bits per heavy atom. The molecule has 1 aliphatic heterocycles. The fourth-order valence-electron chi connectivity index (χ4n) is 1.83. The highest BCUT2D eigenvalue weighted by molar-refractivity contribution is 5.47. The molecule has 0 amide bonds. The fraction of sp³-hybridized carbons (Fsp3) is 0.400. The van der Waals surface area contributed by atoms with E-state index in [1.165, 1.54) is 12.1 Å². The van der Waals surface area contributed by atoms with Gasteiger partial charge in [-0.3, -0.25) is 4.90 Å². The van der Waals surface area contributed by atoms with Crippen LogP contribution in [0.3, 0.4) is 0 Å². The lowest BCUT2D eigenvalue weighted by atomic mass is 9.97. The van der Waals surface area contributed by atoms with Crippen molar-refractivity contribution in [2.24, 2.45) is 0 Å². The normalized spacial score (nSPS) is 22.0. The highest BCUT2D eigenvalue weighted by Gasteiger charge is 2.22. The van der Waals surface area contributed by atoms with Crippen LogP contribution in [0.4, 0.5) is 0 Å². The number of aliphatic hydroxyl groups excluding tert-OH is 1. The Bertz CT molecular complexity index is 365. The first-order valence-electron chi connectivity index (χ1n) is 4.49. The summed E-state index contributed by atoms with van der Waals surface area (Å²) in [5.74, 6) is -0.307. The second-order valence-electron chi connectivity index (χ2n) is 3.75. The molecule has 1 aromatic rings. The Hall–Kier alpha value is -1.26. The van der Waals surface area contributed by atoms with Crippen LogP contribution < -0.4 is 0 Å². The van der Waals surface area contributed by atoms with Crippen molar-refractivity contribution >= 4 is 0 Å². The molecule has 4 nitrogen and oxygen atoms in total. The molecule has 1 unspecified atom stereocenters. The summed E-state index contributed by atoms with van der Waals surface area (Å²) in [6, 6.07) is 2.94. The standard InChI is InChI=1S/C10H13NO3/c1-11-4-6-2-8(12)9(13)3-7(6)10(14)5-11/h2-3,10,12-14H,4-5H2,1H3. The van der Waals surface area contributed by atoms with Crippen LogP contribution in [-0.2, 0) is 6.54 Å². The number of aliphatic hydroxyl groups is 1. The molecule has 0 aliphatic carbocycles. The van der Waals surface area contributed by atoms with Crippen molar-refractivity contribution in [2.75, 3.05) is 13.6 Å². The molecule has 0 radical (unpaired) electrons. The van der Waals surface area contributed by atoms with Gasteiger partial charge in [-0.05, 0) is 30.3 Å². The van der Waals surface area contributed by atoms with Crippen molar-refractivity contribution in [2.45, 2.75) is 12.6 Å². The van der Waals surface area contributed by atoms with Gasteiger partial charge >= 0.3 is 0 Å². The van der Waals surface area contributed by atoms with E-state index in [1.54, 1.807) is 0 Å². The lowest BCUT2D eigenvalue weighted by molar-refractivity contribution is 0.107. The molecular weight excluding hydrogens is 182 g/mol. The number of nitrogens with zero attached hydrogens (tertiary/aromatic N) is 1. The summed E-state index contributed by atoms with van der Waals surface area (Å²) in [7, 11) is 1.90. The fourth-order valence-corrected chi connectivity index (χ4v) is 1.83. The summed E-state index contributed by atoms with van der Waals surface area (Å²) in [4.78, 5) is 1.96. The Balaban J connectivity index is 2.49. The van der Waals surface area contributed by atoms with Gasteiger partial charge in [0, 0.05) is 13.1 Å². The summed E-state index contributed by atoms with van der Waals surface area (Å²) < 4.78 is 0. The number of hydrogen-bond acceptors (Lipinski definition) is 4. The highest BCUT2D eigenvalue weighted by Crippen LogP contribution is 2.34. The molecule has 14 heavy (non-hydrogen) atoms. The summed E-state index contributed by atoms with van der Waals surface area (Å²) in [6.45, 7) is 1.23. The van der Waals surface area contributed by atoms with Gasteiger partial charge in [0.15, 0.2) is 11.5 Å². The zero-order valence-electron chi connectivity index (χ0n) is 7.94. The summed E-state index contributed by atoms with van der Waals surface area (Å²) in [5, 5.41) is 28.3. The maximum absolute atomic E-state index is 9.71. The molecule has 1 aromatic carbocycles. The van der Waals surface area contributed by atoms with E-state index in [0.29, 0.717) is 18.7 Å². The predicted octanol–water partition coefficient (Wildman–Crippen LogP) is 0.577. The quantitative estimate of drug-likeness (QED) is 0.530. The molecule has 1 heterocycles. The molecule has 1 aliphatic rings. The molecule has 2 rings (SSSR count). The minimum atomic E-state index is -0.588. The van der Waals surface area contributed by atoms with Crippen LogP contribution in [0.5, 0.6) is 11.5 Å². The first-order valence-corrected chi connectivity index (χ1v) is 4.49. The van der Waals surface area contributed by atoms with Gasteiger partial charge in [-0.2, -0.15) is 0 Å². The highest BCUT2D eigenvalue weighted by atomic mass is 16.3. The molecule has 0 fully saturated rings. The van der Waals surface area contributed by atoms with Crippen molar-refractivity contribution in [3.63, 3.8) is 0 Å². The van der Waals surface area contributed by atoms with E-state index < -0.39 is 6.10 Å². The van der Waals surface area contributed by atoms with Gasteiger partial charge in [-0.15, -0.1) is 0 Å². The van der Waals surface area contributed by atoms with Crippen molar-refractivity contribution in [1.82, 2.24) is 4.90 Å². The van der Waals surface area contributed by atoms with Crippen molar-refractivity contribution in [3.05, 3.63) is 23.3 Å². The largest absolute Gasteiger partial charge is 0.504 e. The van der Waals surface area contributed by atoms with Crippen molar-refractivity contribution < 1.29 is 15.3 Å². The second-order valence-corrected chi connectivity index (χ2v) is 3.75. The van der Waals surface area contributed by atoms with E-state index in [2.05, 4.69) is 0 Å². The van der Waals surface area contributed by atoms with E-state index in [9.17, 15) is 15.3 Å². The number of likely N-dealkylation sites (N-methyl/N-ethyl adjacent to an activating group) is 1. The van der Waals surface area contributed by atoms with Gasteiger partial charge in [-0.1, -0.05) is 0 Å². The van der Waals surface area contributed by atoms with Gasteiger partial charge in [-0.25, -0.2) is 0 Å². The van der Waals surface area contributed by atoms with Crippen molar-refractivity contribution in [3.8, 4) is 11.5 Å². The molecule has 0 bridgehead atoms. The number of aromatic hydroxyl groups is 2. The van der Waals surface area contributed by atoms with Gasteiger partial charge in [0.2, 0.25) is 0 Å². The van der Waals surface area contributed by atoms with Crippen LogP contribution in [0, 0.1) is 0 Å². The number of phenolic OH excluding ortho intramolecular Hbond substituents is 2. The molecule has 0 aromatic heterocycles. The monoisotopic (exact) mass is 195 g/mol. The average Bonchev–Trinajstić information content (AvgIpc) is 2.08. The van der Waals surface area contributed by atoms with Gasteiger partial charge < -0.3 is 15.3 Å². The number of β-amino-alcohol motifs (C(OH)–C–C–N with tert-alkyl or cyclic N) is 1. The van der Waals surface area contributed by atoms with E-state index in [0.717, 1.165) is 5.56 Å². The number of phenols is 2. The van der Waals surface area contributed by atoms with Crippen LogP contribution in [0.25, 0.3) is 0 Å². The maximum Gasteiger partial charge on any atom is 0.157 e. The molecular formula is C10H13NO3. The topological polar surface area (TPSA) is 63.9 Å². The van der Waals surface area contributed by atoms with E-state index >= 15 is 0 Å². The summed E-state index contributed by atoms with van der Waals surface area (Å²) >= 11 is 0.